The molecule has 0 radical (unpaired) electrons. The van der Waals surface area contributed by atoms with Crippen LogP contribution in [0, 0.1) is 6.92 Å². The summed E-state index contributed by atoms with van der Waals surface area (Å²) < 4.78 is 0. The van der Waals surface area contributed by atoms with E-state index < -0.39 is 0 Å². The Kier molecular flexibility index (Phi) is 3.15. The number of benzene rings is 2. The third kappa shape index (κ3) is 2.03. The van der Waals surface area contributed by atoms with Gasteiger partial charge in [0, 0.05) is 22.2 Å². The number of hydrogen-bond donors (Lipinski definition) is 1. The largest absolute Gasteiger partial charge is 0.358 e. The molecule has 2 nitrogen and oxygen atoms in total. The Hall–Kier alpha value is -2.35. The van der Waals surface area contributed by atoms with Gasteiger partial charge < -0.3 is 4.98 Å². The molecule has 3 rings (SSSR count). The van der Waals surface area contributed by atoms with Crippen LogP contribution in [0.5, 0.6) is 0 Å². The van der Waals surface area contributed by atoms with Gasteiger partial charge in [0.2, 0.25) is 0 Å². The number of hydrogen-bond acceptors (Lipinski definition) is 1. The Bertz CT molecular complexity index is 816. The first-order valence-electron chi connectivity index (χ1n) is 6.91. The van der Waals surface area contributed by atoms with E-state index in [9.17, 15) is 4.79 Å². The summed E-state index contributed by atoms with van der Waals surface area (Å²) in [5, 5.41) is 0.772. The van der Waals surface area contributed by atoms with Gasteiger partial charge in [-0.1, -0.05) is 43.3 Å². The van der Waals surface area contributed by atoms with Crippen molar-refractivity contribution in [1.29, 1.82) is 0 Å². The summed E-state index contributed by atoms with van der Waals surface area (Å²) in [5.41, 5.74) is 5.11. The molecular weight excluding hydrogens is 246 g/mol. The van der Waals surface area contributed by atoms with Crippen molar-refractivity contribution in [3.8, 4) is 11.1 Å². The lowest BCUT2D eigenvalue weighted by Gasteiger charge is -2.08. The van der Waals surface area contributed by atoms with Crippen molar-refractivity contribution in [2.24, 2.45) is 0 Å². The number of H-pyrrole nitrogens is 1. The van der Waals surface area contributed by atoms with E-state index in [-0.39, 0.29) is 5.43 Å². The molecule has 100 valence electrons. The van der Waals surface area contributed by atoms with Gasteiger partial charge in [0.05, 0.1) is 0 Å². The van der Waals surface area contributed by atoms with Crippen LogP contribution >= 0.6 is 0 Å². The van der Waals surface area contributed by atoms with Crippen LogP contribution in [-0.2, 0) is 6.42 Å². The summed E-state index contributed by atoms with van der Waals surface area (Å²) in [6, 6.07) is 16.2. The summed E-state index contributed by atoms with van der Waals surface area (Å²) in [6.45, 7) is 3.98. The number of pyridine rings is 1. The maximum Gasteiger partial charge on any atom is 0.192 e. The normalized spacial score (nSPS) is 10.9. The monoisotopic (exact) mass is 263 g/mol. The lowest BCUT2D eigenvalue weighted by molar-refractivity contribution is 1.05. The van der Waals surface area contributed by atoms with Gasteiger partial charge in [0.1, 0.15) is 0 Å². The molecule has 0 bridgehead atoms. The minimum atomic E-state index is 0.150. The fraction of sp³-hybridized carbons (Fsp3) is 0.167. The second-order valence-corrected chi connectivity index (χ2v) is 5.04. The molecule has 0 unspecified atom stereocenters. The van der Waals surface area contributed by atoms with Crippen LogP contribution in [-0.4, -0.2) is 4.98 Å². The zero-order valence-corrected chi connectivity index (χ0v) is 11.7. The van der Waals surface area contributed by atoms with E-state index in [0.29, 0.717) is 0 Å². The zero-order valence-electron chi connectivity index (χ0n) is 11.7. The van der Waals surface area contributed by atoms with Crippen LogP contribution < -0.4 is 5.43 Å². The first kappa shape index (κ1) is 12.7. The molecule has 1 heterocycles. The molecule has 3 aromatic rings. The maximum absolute atomic E-state index is 12.5. The SMILES string of the molecule is CCc1c(C)[nH]c2ccc(-c3ccccc3)cc2c1=O. The number of rotatable bonds is 2. The summed E-state index contributed by atoms with van der Waals surface area (Å²) in [5.74, 6) is 0. The molecular formula is C18H17NO. The van der Waals surface area contributed by atoms with Gasteiger partial charge >= 0.3 is 0 Å². The van der Waals surface area contributed by atoms with Gasteiger partial charge in [-0.25, -0.2) is 0 Å². The van der Waals surface area contributed by atoms with Crippen LogP contribution in [0.1, 0.15) is 18.2 Å². The van der Waals surface area contributed by atoms with E-state index in [1.54, 1.807) is 0 Å². The third-order valence-electron chi connectivity index (χ3n) is 3.77. The van der Waals surface area contributed by atoms with Crippen LogP contribution in [0.25, 0.3) is 22.0 Å². The molecule has 0 amide bonds. The Labute approximate surface area is 118 Å². The summed E-state index contributed by atoms with van der Waals surface area (Å²) in [7, 11) is 0. The van der Waals surface area contributed by atoms with E-state index in [2.05, 4.69) is 23.2 Å². The van der Waals surface area contributed by atoms with Gasteiger partial charge in [-0.2, -0.15) is 0 Å². The van der Waals surface area contributed by atoms with Crippen LogP contribution in [0.4, 0.5) is 0 Å². The Morgan fingerprint density at radius 2 is 1.75 bits per heavy atom. The van der Waals surface area contributed by atoms with Gasteiger partial charge in [-0.3, -0.25) is 4.79 Å². The number of aromatic nitrogens is 1. The minimum Gasteiger partial charge on any atom is -0.358 e. The van der Waals surface area contributed by atoms with E-state index >= 15 is 0 Å². The van der Waals surface area contributed by atoms with Crippen molar-refractivity contribution in [2.75, 3.05) is 0 Å². The topological polar surface area (TPSA) is 32.9 Å². The lowest BCUT2D eigenvalue weighted by atomic mass is 10.0. The molecule has 2 aromatic carbocycles. The first-order valence-corrected chi connectivity index (χ1v) is 6.91. The molecule has 0 aliphatic carbocycles. The molecule has 0 spiro atoms. The van der Waals surface area contributed by atoms with Crippen molar-refractivity contribution in [2.45, 2.75) is 20.3 Å². The highest BCUT2D eigenvalue weighted by Gasteiger charge is 2.08. The Morgan fingerprint density at radius 1 is 1.00 bits per heavy atom. The van der Waals surface area contributed by atoms with Gasteiger partial charge in [0.25, 0.3) is 0 Å². The standard InChI is InChI=1S/C18H17NO/c1-3-15-12(2)19-17-10-9-14(11-16(17)18(15)20)13-7-5-4-6-8-13/h4-11H,3H2,1-2H3,(H,19,20). The maximum atomic E-state index is 12.5. The number of nitrogens with one attached hydrogen (secondary N) is 1. The number of fused-ring (bicyclic) bond motifs is 1. The summed E-state index contributed by atoms with van der Waals surface area (Å²) in [4.78, 5) is 15.9. The predicted octanol–water partition coefficient (Wildman–Crippen LogP) is 4.07. The molecule has 0 aliphatic heterocycles. The summed E-state index contributed by atoms with van der Waals surface area (Å²) in [6.07, 6.45) is 0.757. The average Bonchev–Trinajstić information content (AvgIpc) is 2.48. The molecule has 0 aliphatic rings. The van der Waals surface area contributed by atoms with Crippen molar-refractivity contribution >= 4 is 10.9 Å². The van der Waals surface area contributed by atoms with Crippen molar-refractivity contribution in [3.63, 3.8) is 0 Å². The quantitative estimate of drug-likeness (QED) is 0.743. The molecule has 2 heteroatoms. The first-order chi connectivity index (χ1) is 9.70. The second kappa shape index (κ2) is 4.97. The number of aryl methyl sites for hydroxylation is 1. The highest BCUT2D eigenvalue weighted by molar-refractivity contribution is 5.85. The van der Waals surface area contributed by atoms with Crippen LogP contribution in [0.15, 0.2) is 53.3 Å². The Balaban J connectivity index is 2.28. The third-order valence-corrected chi connectivity index (χ3v) is 3.77. The van der Waals surface area contributed by atoms with Crippen molar-refractivity contribution in [1.82, 2.24) is 4.98 Å². The molecule has 1 aromatic heterocycles. The zero-order chi connectivity index (χ0) is 14.1. The van der Waals surface area contributed by atoms with Crippen LogP contribution in [0.2, 0.25) is 0 Å². The smallest absolute Gasteiger partial charge is 0.192 e. The molecule has 1 N–H and O–H groups in total. The van der Waals surface area contributed by atoms with E-state index in [1.165, 1.54) is 0 Å². The van der Waals surface area contributed by atoms with Crippen LogP contribution in [0.3, 0.4) is 0 Å². The summed E-state index contributed by atoms with van der Waals surface area (Å²) >= 11 is 0. The fourth-order valence-electron chi connectivity index (χ4n) is 2.69. The van der Waals surface area contributed by atoms with E-state index in [1.807, 2.05) is 44.2 Å². The minimum absolute atomic E-state index is 0.150. The Morgan fingerprint density at radius 3 is 2.45 bits per heavy atom. The van der Waals surface area contributed by atoms with Gasteiger partial charge in [-0.05, 0) is 36.6 Å². The van der Waals surface area contributed by atoms with E-state index in [0.717, 1.165) is 39.7 Å². The van der Waals surface area contributed by atoms with Gasteiger partial charge in [-0.15, -0.1) is 0 Å². The molecule has 0 saturated heterocycles. The second-order valence-electron chi connectivity index (χ2n) is 5.04. The fourth-order valence-corrected chi connectivity index (χ4v) is 2.69. The van der Waals surface area contributed by atoms with Crippen molar-refractivity contribution < 1.29 is 0 Å². The average molecular weight is 263 g/mol. The molecule has 20 heavy (non-hydrogen) atoms. The van der Waals surface area contributed by atoms with Gasteiger partial charge in [0.15, 0.2) is 5.43 Å². The molecule has 0 atom stereocenters. The molecule has 0 saturated carbocycles. The highest BCUT2D eigenvalue weighted by atomic mass is 16.1. The highest BCUT2D eigenvalue weighted by Crippen LogP contribution is 2.22. The predicted molar refractivity (Wildman–Crippen MR) is 84.1 cm³/mol. The number of aromatic amines is 1. The van der Waals surface area contributed by atoms with E-state index in [4.69, 9.17) is 0 Å². The van der Waals surface area contributed by atoms with Crippen molar-refractivity contribution in [3.05, 3.63) is 70.0 Å². The lowest BCUT2D eigenvalue weighted by Crippen LogP contribution is -2.12. The molecule has 0 fully saturated rings.